The van der Waals surface area contributed by atoms with Crippen molar-refractivity contribution in [3.63, 3.8) is 0 Å². The summed E-state index contributed by atoms with van der Waals surface area (Å²) in [5.74, 6) is -0.931. The Labute approximate surface area is 409 Å². The van der Waals surface area contributed by atoms with E-state index < -0.39 is 92.7 Å². The summed E-state index contributed by atoms with van der Waals surface area (Å²) in [7, 11) is 0. The minimum absolute atomic E-state index is 0.163. The van der Waals surface area contributed by atoms with Crippen LogP contribution in [0.5, 0.6) is 0 Å². The van der Waals surface area contributed by atoms with Crippen LogP contribution in [0.2, 0.25) is 0 Å². The molecule has 2 rings (SSSR count). The maximum Gasteiger partial charge on any atom is 0.306 e. The molecular weight excluding hydrogens is 877 g/mol. The van der Waals surface area contributed by atoms with Crippen LogP contribution >= 0.6 is 0 Å². The zero-order valence-corrected chi connectivity index (χ0v) is 42.1. The summed E-state index contributed by atoms with van der Waals surface area (Å²) in [6.07, 6.45) is 24.9. The fourth-order valence-corrected chi connectivity index (χ4v) is 8.44. The maximum absolute atomic E-state index is 13.0. The molecule has 0 aliphatic carbocycles. The third-order valence-corrected chi connectivity index (χ3v) is 12.9. The second kappa shape index (κ2) is 40.6. The maximum atomic E-state index is 13.0. The zero-order chi connectivity index (χ0) is 49.6. The van der Waals surface area contributed by atoms with Crippen LogP contribution in [0.25, 0.3) is 0 Å². The van der Waals surface area contributed by atoms with Crippen molar-refractivity contribution in [2.75, 3.05) is 26.4 Å². The molecule has 2 fully saturated rings. The second-order valence-electron chi connectivity index (χ2n) is 19.0. The molecule has 68 heavy (non-hydrogen) atoms. The molecule has 2 aliphatic heterocycles. The van der Waals surface area contributed by atoms with Crippen molar-refractivity contribution in [3.05, 3.63) is 24.3 Å². The van der Waals surface area contributed by atoms with Gasteiger partial charge in [0, 0.05) is 12.8 Å². The van der Waals surface area contributed by atoms with Crippen LogP contribution in [0.4, 0.5) is 0 Å². The average molecular weight is 973 g/mol. The van der Waals surface area contributed by atoms with Crippen molar-refractivity contribution in [1.29, 1.82) is 0 Å². The van der Waals surface area contributed by atoms with Gasteiger partial charge in [-0.1, -0.05) is 154 Å². The minimum Gasteiger partial charge on any atom is -0.462 e. The molecule has 7 N–H and O–H groups in total. The Morgan fingerprint density at radius 1 is 0.456 bits per heavy atom. The predicted molar refractivity (Wildman–Crippen MR) is 261 cm³/mol. The van der Waals surface area contributed by atoms with E-state index in [0.717, 1.165) is 64.2 Å². The van der Waals surface area contributed by atoms with Gasteiger partial charge in [-0.2, -0.15) is 0 Å². The first-order valence-electron chi connectivity index (χ1n) is 26.9. The van der Waals surface area contributed by atoms with Crippen molar-refractivity contribution < 1.29 is 73.8 Å². The molecule has 0 radical (unpaired) electrons. The topological polar surface area (TPSA) is 231 Å². The molecule has 398 valence electrons. The molecule has 0 saturated carbocycles. The van der Waals surface area contributed by atoms with Crippen LogP contribution in [0, 0.1) is 0 Å². The number of aliphatic hydroxyl groups is 7. The standard InChI is InChI=1S/C53H96O15/c1-3-5-7-9-11-13-15-17-18-19-20-21-22-24-26-28-30-32-34-36-45(56)66-41(38-63-44(55)35-33-31-29-27-25-23-16-14-12-10-8-6-4-2)39-64-52-51(62)49(60)47(58)43(68-52)40-65-53-50(61)48(59)46(57)42(37-54)67-53/h14,16-18,41-43,46-54,57-62H,3-13,15,19-40H2,1-2H3/b16-14-,18-17-. The lowest BCUT2D eigenvalue weighted by atomic mass is 9.98. The fourth-order valence-electron chi connectivity index (χ4n) is 8.44. The summed E-state index contributed by atoms with van der Waals surface area (Å²) in [6.45, 7) is 2.58. The third kappa shape index (κ3) is 28.1. The van der Waals surface area contributed by atoms with Gasteiger partial charge >= 0.3 is 11.9 Å². The van der Waals surface area contributed by atoms with Crippen LogP contribution in [-0.2, 0) is 38.0 Å². The zero-order valence-electron chi connectivity index (χ0n) is 42.1. The van der Waals surface area contributed by atoms with E-state index in [1.807, 2.05) is 0 Å². The number of carbonyl (C=O) groups is 2. The smallest absolute Gasteiger partial charge is 0.306 e. The van der Waals surface area contributed by atoms with Crippen LogP contribution in [-0.4, -0.2) is 142 Å². The van der Waals surface area contributed by atoms with Gasteiger partial charge in [0.2, 0.25) is 0 Å². The molecule has 2 saturated heterocycles. The van der Waals surface area contributed by atoms with Crippen LogP contribution < -0.4 is 0 Å². The average Bonchev–Trinajstić information content (AvgIpc) is 3.33. The minimum atomic E-state index is -1.76. The summed E-state index contributed by atoms with van der Waals surface area (Å²) < 4.78 is 33.6. The lowest BCUT2D eigenvalue weighted by Gasteiger charge is -2.42. The SMILES string of the molecule is CCCCCC/C=C\CCCCCCCC(=O)OCC(COC1OC(COC2OC(CO)C(O)C(O)C2O)C(O)C(O)C1O)OC(=O)CCCCCCCCCCC/C=C\CCCCCCCC. The third-order valence-electron chi connectivity index (χ3n) is 12.9. The number of ether oxygens (including phenoxy) is 6. The number of carbonyl (C=O) groups excluding carboxylic acids is 2. The van der Waals surface area contributed by atoms with Crippen molar-refractivity contribution >= 4 is 11.9 Å². The summed E-state index contributed by atoms with van der Waals surface area (Å²) in [4.78, 5) is 25.8. The number of hydrogen-bond acceptors (Lipinski definition) is 15. The molecule has 11 atom stereocenters. The number of esters is 2. The first kappa shape index (κ1) is 62.1. The van der Waals surface area contributed by atoms with Gasteiger partial charge in [0.15, 0.2) is 18.7 Å². The lowest BCUT2D eigenvalue weighted by Crippen LogP contribution is -2.61. The van der Waals surface area contributed by atoms with E-state index in [1.165, 1.54) is 103 Å². The normalized spacial score (nSPS) is 25.9. The highest BCUT2D eigenvalue weighted by atomic mass is 16.7. The van der Waals surface area contributed by atoms with Crippen molar-refractivity contribution in [2.24, 2.45) is 0 Å². The molecule has 2 heterocycles. The Morgan fingerprint density at radius 3 is 1.31 bits per heavy atom. The molecule has 0 amide bonds. The van der Waals surface area contributed by atoms with E-state index in [2.05, 4.69) is 38.2 Å². The van der Waals surface area contributed by atoms with Gasteiger partial charge in [-0.3, -0.25) is 9.59 Å². The monoisotopic (exact) mass is 973 g/mol. The van der Waals surface area contributed by atoms with Crippen LogP contribution in [0.15, 0.2) is 24.3 Å². The number of hydrogen-bond donors (Lipinski definition) is 7. The van der Waals surface area contributed by atoms with Gasteiger partial charge in [-0.15, -0.1) is 0 Å². The van der Waals surface area contributed by atoms with E-state index in [0.29, 0.717) is 12.8 Å². The Balaban J connectivity index is 1.78. The Bertz CT molecular complexity index is 1280. The van der Waals surface area contributed by atoms with Gasteiger partial charge in [-0.25, -0.2) is 0 Å². The number of unbranched alkanes of at least 4 members (excludes halogenated alkanes) is 24. The van der Waals surface area contributed by atoms with Gasteiger partial charge < -0.3 is 64.2 Å². The summed E-state index contributed by atoms with van der Waals surface area (Å²) in [6, 6.07) is 0. The molecule has 0 spiro atoms. The van der Waals surface area contributed by atoms with Crippen molar-refractivity contribution in [3.8, 4) is 0 Å². The van der Waals surface area contributed by atoms with Crippen LogP contribution in [0.3, 0.4) is 0 Å². The summed E-state index contributed by atoms with van der Waals surface area (Å²) in [5, 5.41) is 72.1. The number of allylic oxidation sites excluding steroid dienone is 4. The highest BCUT2D eigenvalue weighted by molar-refractivity contribution is 5.70. The van der Waals surface area contributed by atoms with E-state index in [4.69, 9.17) is 28.4 Å². The molecular formula is C53H96O15. The molecule has 0 aromatic rings. The van der Waals surface area contributed by atoms with Crippen LogP contribution in [0.1, 0.15) is 206 Å². The Morgan fingerprint density at radius 2 is 0.838 bits per heavy atom. The number of aliphatic hydroxyl groups excluding tert-OH is 7. The van der Waals surface area contributed by atoms with E-state index in [9.17, 15) is 45.3 Å². The van der Waals surface area contributed by atoms with E-state index in [1.54, 1.807) is 0 Å². The molecule has 15 nitrogen and oxygen atoms in total. The van der Waals surface area contributed by atoms with E-state index >= 15 is 0 Å². The Kier molecular flexibility index (Phi) is 37.0. The first-order chi connectivity index (χ1) is 33.0. The van der Waals surface area contributed by atoms with Crippen molar-refractivity contribution in [1.82, 2.24) is 0 Å². The largest absolute Gasteiger partial charge is 0.462 e. The second-order valence-corrected chi connectivity index (χ2v) is 19.0. The quantitative estimate of drug-likeness (QED) is 0.0175. The van der Waals surface area contributed by atoms with Gasteiger partial charge in [-0.05, 0) is 64.2 Å². The lowest BCUT2D eigenvalue weighted by molar-refractivity contribution is -0.332. The van der Waals surface area contributed by atoms with Gasteiger partial charge in [0.1, 0.15) is 55.4 Å². The molecule has 0 aromatic carbocycles. The molecule has 0 aromatic heterocycles. The highest BCUT2D eigenvalue weighted by Crippen LogP contribution is 2.26. The predicted octanol–water partition coefficient (Wildman–Crippen LogP) is 7.94. The Hall–Kier alpha value is -2.02. The van der Waals surface area contributed by atoms with Gasteiger partial charge in [0.05, 0.1) is 19.8 Å². The van der Waals surface area contributed by atoms with Crippen molar-refractivity contribution in [2.45, 2.75) is 274 Å². The molecule has 0 bridgehead atoms. The molecule has 11 unspecified atom stereocenters. The highest BCUT2D eigenvalue weighted by Gasteiger charge is 2.47. The summed E-state index contributed by atoms with van der Waals surface area (Å²) in [5.41, 5.74) is 0. The first-order valence-corrected chi connectivity index (χ1v) is 26.9. The van der Waals surface area contributed by atoms with E-state index in [-0.39, 0.29) is 26.1 Å². The fraction of sp³-hybridized carbons (Fsp3) is 0.887. The van der Waals surface area contributed by atoms with Gasteiger partial charge in [0.25, 0.3) is 0 Å². The summed E-state index contributed by atoms with van der Waals surface area (Å²) >= 11 is 0. The molecule has 2 aliphatic rings. The number of rotatable bonds is 42. The molecule has 15 heteroatoms.